The lowest BCUT2D eigenvalue weighted by Gasteiger charge is -2.15. The minimum absolute atomic E-state index is 0.126. The number of hydrogen-bond acceptors (Lipinski definition) is 4. The van der Waals surface area contributed by atoms with Crippen LogP contribution in [0.3, 0.4) is 0 Å². The van der Waals surface area contributed by atoms with Gasteiger partial charge in [-0.15, -0.1) is 0 Å². The first-order valence-electron chi connectivity index (χ1n) is 6.84. The molecule has 0 aromatic heterocycles. The predicted molar refractivity (Wildman–Crippen MR) is 88.4 cm³/mol. The Morgan fingerprint density at radius 3 is 2.77 bits per heavy atom. The lowest BCUT2D eigenvalue weighted by atomic mass is 10.2. The van der Waals surface area contributed by atoms with Crippen LogP contribution in [0.4, 0.5) is 11.4 Å². The van der Waals surface area contributed by atoms with E-state index in [0.29, 0.717) is 17.2 Å². The third-order valence-corrected chi connectivity index (χ3v) is 3.73. The van der Waals surface area contributed by atoms with E-state index in [9.17, 15) is 4.79 Å². The number of nitrogens with one attached hydrogen (secondary N) is 2. The van der Waals surface area contributed by atoms with Gasteiger partial charge >= 0.3 is 0 Å². The summed E-state index contributed by atoms with van der Waals surface area (Å²) in [4.78, 5) is 12.2. The monoisotopic (exact) mass is 362 g/mol. The summed E-state index contributed by atoms with van der Waals surface area (Å²) < 4.78 is 11.5. The number of ether oxygens (including phenoxy) is 2. The van der Waals surface area contributed by atoms with Crippen molar-refractivity contribution in [1.29, 1.82) is 0 Å². The molecular formula is C16H15BrN2O3. The molecule has 1 atom stereocenters. The molecule has 5 nitrogen and oxygen atoms in total. The molecule has 2 aromatic rings. The van der Waals surface area contributed by atoms with Crippen LogP contribution >= 0.6 is 15.9 Å². The number of anilines is 2. The van der Waals surface area contributed by atoms with E-state index in [1.165, 1.54) is 0 Å². The Bertz CT molecular complexity index is 706. The van der Waals surface area contributed by atoms with Gasteiger partial charge in [-0.2, -0.15) is 0 Å². The molecular weight excluding hydrogens is 348 g/mol. The molecule has 1 aliphatic rings. The van der Waals surface area contributed by atoms with E-state index >= 15 is 0 Å². The normalized spacial score (nSPS) is 13.5. The SMILES string of the molecule is CC(Nc1cccc(Br)c1)C(=O)Nc1ccc2c(c1)OCO2. The Hall–Kier alpha value is -2.21. The quantitative estimate of drug-likeness (QED) is 0.871. The van der Waals surface area contributed by atoms with E-state index in [-0.39, 0.29) is 18.7 Å². The molecule has 0 saturated heterocycles. The van der Waals surface area contributed by atoms with Crippen LogP contribution in [0.25, 0.3) is 0 Å². The molecule has 1 heterocycles. The Kier molecular flexibility index (Phi) is 4.20. The van der Waals surface area contributed by atoms with Crippen molar-refractivity contribution in [2.45, 2.75) is 13.0 Å². The first-order valence-corrected chi connectivity index (χ1v) is 7.64. The van der Waals surface area contributed by atoms with Gasteiger partial charge in [0.05, 0.1) is 0 Å². The number of rotatable bonds is 4. The Morgan fingerprint density at radius 1 is 1.14 bits per heavy atom. The fraction of sp³-hybridized carbons (Fsp3) is 0.188. The number of halogens is 1. The molecule has 2 aromatic carbocycles. The van der Waals surface area contributed by atoms with Gasteiger partial charge in [-0.25, -0.2) is 0 Å². The molecule has 1 amide bonds. The minimum atomic E-state index is -0.375. The molecule has 114 valence electrons. The number of carbonyl (C=O) groups is 1. The van der Waals surface area contributed by atoms with Gasteiger partial charge in [0.2, 0.25) is 12.7 Å². The highest BCUT2D eigenvalue weighted by Gasteiger charge is 2.16. The maximum atomic E-state index is 12.2. The molecule has 0 fully saturated rings. The third-order valence-electron chi connectivity index (χ3n) is 3.24. The van der Waals surface area contributed by atoms with Crippen LogP contribution in [-0.4, -0.2) is 18.7 Å². The number of hydrogen-bond donors (Lipinski definition) is 2. The minimum Gasteiger partial charge on any atom is -0.454 e. The Labute approximate surface area is 136 Å². The Morgan fingerprint density at radius 2 is 1.95 bits per heavy atom. The fourth-order valence-electron chi connectivity index (χ4n) is 2.12. The summed E-state index contributed by atoms with van der Waals surface area (Å²) in [6, 6.07) is 12.6. The van der Waals surface area contributed by atoms with Gasteiger partial charge in [0, 0.05) is 21.9 Å². The topological polar surface area (TPSA) is 59.6 Å². The maximum absolute atomic E-state index is 12.2. The summed E-state index contributed by atoms with van der Waals surface area (Å²) in [6.45, 7) is 2.02. The molecule has 0 radical (unpaired) electrons. The highest BCUT2D eigenvalue weighted by Crippen LogP contribution is 2.34. The third kappa shape index (κ3) is 3.33. The number of benzene rings is 2. The van der Waals surface area contributed by atoms with E-state index in [4.69, 9.17) is 9.47 Å². The molecule has 6 heteroatoms. The molecule has 3 rings (SSSR count). The van der Waals surface area contributed by atoms with Gasteiger partial charge in [0.15, 0.2) is 11.5 Å². The lowest BCUT2D eigenvalue weighted by Crippen LogP contribution is -2.31. The standard InChI is InChI=1S/C16H15BrN2O3/c1-10(18-12-4-2-3-11(17)7-12)16(20)19-13-5-6-14-15(8-13)22-9-21-14/h2-8,10,18H,9H2,1H3,(H,19,20). The second kappa shape index (κ2) is 6.27. The van der Waals surface area contributed by atoms with Crippen LogP contribution < -0.4 is 20.1 Å². The average molecular weight is 363 g/mol. The zero-order valence-corrected chi connectivity index (χ0v) is 13.5. The second-order valence-corrected chi connectivity index (χ2v) is 5.85. The van der Waals surface area contributed by atoms with Crippen LogP contribution in [0.5, 0.6) is 11.5 Å². The molecule has 0 bridgehead atoms. The molecule has 1 aliphatic heterocycles. The van der Waals surface area contributed by atoms with Crippen molar-refractivity contribution in [3.63, 3.8) is 0 Å². The maximum Gasteiger partial charge on any atom is 0.246 e. The van der Waals surface area contributed by atoms with E-state index in [2.05, 4.69) is 26.6 Å². The van der Waals surface area contributed by atoms with Crippen LogP contribution in [-0.2, 0) is 4.79 Å². The summed E-state index contributed by atoms with van der Waals surface area (Å²) >= 11 is 3.41. The first-order chi connectivity index (χ1) is 10.6. The van der Waals surface area contributed by atoms with Gasteiger partial charge in [-0.3, -0.25) is 4.79 Å². The van der Waals surface area contributed by atoms with Gasteiger partial charge in [-0.05, 0) is 37.3 Å². The molecule has 0 aliphatic carbocycles. The smallest absolute Gasteiger partial charge is 0.246 e. The van der Waals surface area contributed by atoms with E-state index < -0.39 is 0 Å². The fourth-order valence-corrected chi connectivity index (χ4v) is 2.52. The largest absolute Gasteiger partial charge is 0.454 e. The Balaban J connectivity index is 1.64. The van der Waals surface area contributed by atoms with Crippen LogP contribution in [0.1, 0.15) is 6.92 Å². The predicted octanol–water partition coefficient (Wildman–Crippen LogP) is 3.62. The number of amides is 1. The average Bonchev–Trinajstić information content (AvgIpc) is 2.94. The van der Waals surface area contributed by atoms with Crippen LogP contribution in [0, 0.1) is 0 Å². The van der Waals surface area contributed by atoms with Gasteiger partial charge in [0.1, 0.15) is 6.04 Å². The van der Waals surface area contributed by atoms with Gasteiger partial charge < -0.3 is 20.1 Å². The number of fused-ring (bicyclic) bond motifs is 1. The summed E-state index contributed by atoms with van der Waals surface area (Å²) in [5.74, 6) is 1.21. The first kappa shape index (κ1) is 14.7. The van der Waals surface area contributed by atoms with Gasteiger partial charge in [-0.1, -0.05) is 22.0 Å². The van der Waals surface area contributed by atoms with E-state index in [1.807, 2.05) is 31.2 Å². The molecule has 0 spiro atoms. The van der Waals surface area contributed by atoms with Crippen molar-refractivity contribution in [2.24, 2.45) is 0 Å². The van der Waals surface area contributed by atoms with Crippen molar-refractivity contribution in [3.8, 4) is 11.5 Å². The highest BCUT2D eigenvalue weighted by molar-refractivity contribution is 9.10. The van der Waals surface area contributed by atoms with Crippen molar-refractivity contribution < 1.29 is 14.3 Å². The van der Waals surface area contributed by atoms with Crippen molar-refractivity contribution in [1.82, 2.24) is 0 Å². The van der Waals surface area contributed by atoms with Crippen LogP contribution in [0.2, 0.25) is 0 Å². The lowest BCUT2D eigenvalue weighted by molar-refractivity contribution is -0.116. The second-order valence-electron chi connectivity index (χ2n) is 4.93. The molecule has 1 unspecified atom stereocenters. The summed E-state index contributed by atoms with van der Waals surface area (Å²) in [5.41, 5.74) is 1.56. The summed E-state index contributed by atoms with van der Waals surface area (Å²) in [6.07, 6.45) is 0. The number of carbonyl (C=O) groups excluding carboxylic acids is 1. The summed E-state index contributed by atoms with van der Waals surface area (Å²) in [7, 11) is 0. The van der Waals surface area contributed by atoms with E-state index in [0.717, 1.165) is 10.2 Å². The molecule has 0 saturated carbocycles. The van der Waals surface area contributed by atoms with Crippen molar-refractivity contribution in [3.05, 3.63) is 46.9 Å². The summed E-state index contributed by atoms with van der Waals surface area (Å²) in [5, 5.41) is 6.01. The van der Waals surface area contributed by atoms with Crippen molar-refractivity contribution >= 4 is 33.2 Å². The van der Waals surface area contributed by atoms with Crippen molar-refractivity contribution in [2.75, 3.05) is 17.4 Å². The molecule has 2 N–H and O–H groups in total. The highest BCUT2D eigenvalue weighted by atomic mass is 79.9. The molecule has 22 heavy (non-hydrogen) atoms. The van der Waals surface area contributed by atoms with Crippen LogP contribution in [0.15, 0.2) is 46.9 Å². The van der Waals surface area contributed by atoms with E-state index in [1.54, 1.807) is 18.2 Å². The zero-order chi connectivity index (χ0) is 15.5. The van der Waals surface area contributed by atoms with Gasteiger partial charge in [0.25, 0.3) is 0 Å². The zero-order valence-electron chi connectivity index (χ0n) is 11.9.